The lowest BCUT2D eigenvalue weighted by molar-refractivity contribution is 0.229. The summed E-state index contributed by atoms with van der Waals surface area (Å²) in [5.74, 6) is 2.05. The highest BCUT2D eigenvalue weighted by molar-refractivity contribution is 4.86. The molecule has 2 fully saturated rings. The van der Waals surface area contributed by atoms with Gasteiger partial charge in [-0.3, -0.25) is 0 Å². The molecule has 0 unspecified atom stereocenters. The Morgan fingerprint density at radius 2 is 2.00 bits per heavy atom. The minimum Gasteiger partial charge on any atom is -0.314 e. The molecular weight excluding hydrogens is 136 g/mol. The van der Waals surface area contributed by atoms with Crippen LogP contribution in [0.25, 0.3) is 0 Å². The average Bonchev–Trinajstić information content (AvgIpc) is 2.69. The van der Waals surface area contributed by atoms with Crippen LogP contribution in [0.1, 0.15) is 13.3 Å². The van der Waals surface area contributed by atoms with Gasteiger partial charge in [0.2, 0.25) is 0 Å². The quantitative estimate of drug-likeness (QED) is 0.625. The molecule has 2 nitrogen and oxygen atoms in total. The van der Waals surface area contributed by atoms with Crippen LogP contribution in [-0.2, 0) is 0 Å². The fourth-order valence-corrected chi connectivity index (χ4v) is 1.88. The molecule has 1 heterocycles. The van der Waals surface area contributed by atoms with E-state index in [9.17, 15) is 0 Å². The third kappa shape index (κ3) is 1.94. The number of hydrogen-bond donors (Lipinski definition) is 1. The van der Waals surface area contributed by atoms with E-state index in [-0.39, 0.29) is 0 Å². The predicted molar refractivity (Wildman–Crippen MR) is 46.6 cm³/mol. The highest BCUT2D eigenvalue weighted by atomic mass is 15.2. The van der Waals surface area contributed by atoms with Crippen LogP contribution in [0.5, 0.6) is 0 Å². The molecule has 0 aromatic carbocycles. The van der Waals surface area contributed by atoms with Gasteiger partial charge in [-0.05, 0) is 18.3 Å². The maximum atomic E-state index is 3.38. The van der Waals surface area contributed by atoms with Gasteiger partial charge in [-0.1, -0.05) is 6.92 Å². The molecule has 64 valence electrons. The van der Waals surface area contributed by atoms with Crippen LogP contribution in [0.3, 0.4) is 0 Å². The zero-order valence-corrected chi connectivity index (χ0v) is 7.34. The monoisotopic (exact) mass is 154 g/mol. The molecule has 2 aliphatic rings. The second-order valence-corrected chi connectivity index (χ2v) is 4.02. The van der Waals surface area contributed by atoms with E-state index in [2.05, 4.69) is 17.1 Å². The Hall–Kier alpha value is -0.0800. The Morgan fingerprint density at radius 1 is 1.36 bits per heavy atom. The van der Waals surface area contributed by atoms with Crippen LogP contribution >= 0.6 is 0 Å². The van der Waals surface area contributed by atoms with Gasteiger partial charge in [-0.15, -0.1) is 0 Å². The van der Waals surface area contributed by atoms with Crippen LogP contribution in [0.4, 0.5) is 0 Å². The summed E-state index contributed by atoms with van der Waals surface area (Å²) in [4.78, 5) is 2.60. The first kappa shape index (κ1) is 7.56. The topological polar surface area (TPSA) is 15.3 Å². The molecule has 1 saturated carbocycles. The summed E-state index contributed by atoms with van der Waals surface area (Å²) in [6.07, 6.45) is 1.48. The molecule has 1 N–H and O–H groups in total. The molecule has 1 aliphatic heterocycles. The van der Waals surface area contributed by atoms with Gasteiger partial charge in [0, 0.05) is 32.7 Å². The smallest absolute Gasteiger partial charge is 0.0107 e. The second kappa shape index (κ2) is 3.11. The zero-order valence-electron chi connectivity index (χ0n) is 7.34. The predicted octanol–water partition coefficient (Wildman–Crippen LogP) is 0.548. The summed E-state index contributed by atoms with van der Waals surface area (Å²) >= 11 is 0. The van der Waals surface area contributed by atoms with Crippen molar-refractivity contribution in [3.05, 3.63) is 0 Å². The molecule has 0 aromatic heterocycles. The molecule has 0 aromatic rings. The molecular formula is C9H18N2. The Bertz CT molecular complexity index is 130. The number of piperazine rings is 1. The van der Waals surface area contributed by atoms with E-state index in [0.29, 0.717) is 0 Å². The van der Waals surface area contributed by atoms with Crippen molar-refractivity contribution in [2.45, 2.75) is 13.3 Å². The molecule has 0 spiro atoms. The standard InChI is InChI=1S/C9H18N2/c1-8-6-9(8)7-11-4-2-10-3-5-11/h8-10H,2-7H2,1H3/t8-,9-/m1/s1. The van der Waals surface area contributed by atoms with Crippen molar-refractivity contribution in [2.75, 3.05) is 32.7 Å². The Kier molecular flexibility index (Phi) is 2.14. The summed E-state index contributed by atoms with van der Waals surface area (Å²) in [6.45, 7) is 8.66. The normalized spacial score (nSPS) is 39.0. The molecule has 1 aliphatic carbocycles. The summed E-state index contributed by atoms with van der Waals surface area (Å²) in [6, 6.07) is 0. The van der Waals surface area contributed by atoms with Crippen molar-refractivity contribution in [1.29, 1.82) is 0 Å². The Labute approximate surface area is 69.0 Å². The van der Waals surface area contributed by atoms with E-state index in [1.807, 2.05) is 0 Å². The summed E-state index contributed by atoms with van der Waals surface area (Å²) in [7, 11) is 0. The van der Waals surface area contributed by atoms with Gasteiger partial charge in [0.1, 0.15) is 0 Å². The van der Waals surface area contributed by atoms with Gasteiger partial charge < -0.3 is 10.2 Å². The summed E-state index contributed by atoms with van der Waals surface area (Å²) in [5.41, 5.74) is 0. The molecule has 0 amide bonds. The van der Waals surface area contributed by atoms with Gasteiger partial charge in [0.05, 0.1) is 0 Å². The average molecular weight is 154 g/mol. The largest absolute Gasteiger partial charge is 0.314 e. The van der Waals surface area contributed by atoms with Crippen LogP contribution in [0, 0.1) is 11.8 Å². The van der Waals surface area contributed by atoms with Crippen molar-refractivity contribution in [3.63, 3.8) is 0 Å². The van der Waals surface area contributed by atoms with Crippen molar-refractivity contribution in [3.8, 4) is 0 Å². The van der Waals surface area contributed by atoms with Crippen LogP contribution in [0.2, 0.25) is 0 Å². The first-order valence-corrected chi connectivity index (χ1v) is 4.79. The lowest BCUT2D eigenvalue weighted by Gasteiger charge is -2.27. The van der Waals surface area contributed by atoms with E-state index in [0.717, 1.165) is 11.8 Å². The minimum absolute atomic E-state index is 1.02. The van der Waals surface area contributed by atoms with E-state index >= 15 is 0 Å². The van der Waals surface area contributed by atoms with E-state index in [4.69, 9.17) is 0 Å². The van der Waals surface area contributed by atoms with Gasteiger partial charge in [0.25, 0.3) is 0 Å². The van der Waals surface area contributed by atoms with Crippen molar-refractivity contribution >= 4 is 0 Å². The van der Waals surface area contributed by atoms with Crippen molar-refractivity contribution < 1.29 is 0 Å². The van der Waals surface area contributed by atoms with Crippen LogP contribution in [0.15, 0.2) is 0 Å². The fourth-order valence-electron chi connectivity index (χ4n) is 1.88. The Balaban J connectivity index is 1.68. The van der Waals surface area contributed by atoms with E-state index in [1.165, 1.54) is 39.1 Å². The molecule has 2 heteroatoms. The van der Waals surface area contributed by atoms with Gasteiger partial charge in [-0.2, -0.15) is 0 Å². The molecule has 0 radical (unpaired) electrons. The first-order chi connectivity index (χ1) is 5.36. The maximum Gasteiger partial charge on any atom is 0.0107 e. The van der Waals surface area contributed by atoms with Gasteiger partial charge in [-0.25, -0.2) is 0 Å². The highest BCUT2D eigenvalue weighted by Crippen LogP contribution is 2.38. The van der Waals surface area contributed by atoms with Crippen LogP contribution in [-0.4, -0.2) is 37.6 Å². The van der Waals surface area contributed by atoms with E-state index < -0.39 is 0 Å². The maximum absolute atomic E-state index is 3.38. The minimum atomic E-state index is 1.02. The Morgan fingerprint density at radius 3 is 2.55 bits per heavy atom. The van der Waals surface area contributed by atoms with Crippen LogP contribution < -0.4 is 5.32 Å². The van der Waals surface area contributed by atoms with Gasteiger partial charge in [0.15, 0.2) is 0 Å². The number of nitrogens with zero attached hydrogens (tertiary/aromatic N) is 1. The number of hydrogen-bond acceptors (Lipinski definition) is 2. The number of rotatable bonds is 2. The molecule has 0 bridgehead atoms. The highest BCUT2D eigenvalue weighted by Gasteiger charge is 2.33. The van der Waals surface area contributed by atoms with Gasteiger partial charge >= 0.3 is 0 Å². The third-order valence-corrected chi connectivity index (χ3v) is 2.98. The van der Waals surface area contributed by atoms with Crippen molar-refractivity contribution in [1.82, 2.24) is 10.2 Å². The fraction of sp³-hybridized carbons (Fsp3) is 1.00. The first-order valence-electron chi connectivity index (χ1n) is 4.79. The lowest BCUT2D eigenvalue weighted by atomic mass is 10.3. The molecule has 11 heavy (non-hydrogen) atoms. The summed E-state index contributed by atoms with van der Waals surface area (Å²) in [5, 5.41) is 3.38. The van der Waals surface area contributed by atoms with E-state index in [1.54, 1.807) is 0 Å². The molecule has 1 saturated heterocycles. The molecule has 2 rings (SSSR count). The molecule has 2 atom stereocenters. The van der Waals surface area contributed by atoms with Crippen molar-refractivity contribution in [2.24, 2.45) is 11.8 Å². The second-order valence-electron chi connectivity index (χ2n) is 4.02. The number of nitrogens with one attached hydrogen (secondary N) is 1. The lowest BCUT2D eigenvalue weighted by Crippen LogP contribution is -2.44. The third-order valence-electron chi connectivity index (χ3n) is 2.98. The SMILES string of the molecule is C[C@@H]1C[C@@H]1CN1CCNCC1. The zero-order chi connectivity index (χ0) is 7.68. The summed E-state index contributed by atoms with van der Waals surface area (Å²) < 4.78 is 0.